The molecule has 0 atom stereocenters. The van der Waals surface area contributed by atoms with Crippen LogP contribution in [0.5, 0.6) is 5.75 Å². The van der Waals surface area contributed by atoms with E-state index in [9.17, 15) is 0 Å². The quantitative estimate of drug-likeness (QED) is 0.677. The molecule has 15 heavy (non-hydrogen) atoms. The van der Waals surface area contributed by atoms with Crippen LogP contribution in [0.2, 0.25) is 0 Å². The van der Waals surface area contributed by atoms with Crippen molar-refractivity contribution < 1.29 is 4.74 Å². The Balaban J connectivity index is 2.71. The maximum atomic E-state index is 5.28. The van der Waals surface area contributed by atoms with E-state index in [-0.39, 0.29) is 5.11 Å². The SMILES string of the molecule is COc1ccccc1NC(=S)NC(N)=S. The van der Waals surface area contributed by atoms with Gasteiger partial charge in [0.25, 0.3) is 0 Å². The maximum absolute atomic E-state index is 5.28. The highest BCUT2D eigenvalue weighted by atomic mass is 32.1. The summed E-state index contributed by atoms with van der Waals surface area (Å²) in [6, 6.07) is 7.40. The number of benzene rings is 1. The number of nitrogens with two attached hydrogens (primary N) is 1. The number of para-hydroxylation sites is 2. The van der Waals surface area contributed by atoms with E-state index in [0.29, 0.717) is 10.9 Å². The molecule has 0 aliphatic carbocycles. The van der Waals surface area contributed by atoms with E-state index in [1.807, 2.05) is 24.3 Å². The van der Waals surface area contributed by atoms with Crippen LogP contribution < -0.4 is 21.1 Å². The van der Waals surface area contributed by atoms with Gasteiger partial charge in [-0.15, -0.1) is 0 Å². The second-order valence-corrected chi connectivity index (χ2v) is 3.49. The van der Waals surface area contributed by atoms with Crippen LogP contribution in [0.25, 0.3) is 0 Å². The van der Waals surface area contributed by atoms with Crippen LogP contribution in [0.3, 0.4) is 0 Å². The Morgan fingerprint density at radius 2 is 2.00 bits per heavy atom. The largest absolute Gasteiger partial charge is 0.495 e. The predicted octanol–water partition coefficient (Wildman–Crippen LogP) is 1.23. The van der Waals surface area contributed by atoms with Gasteiger partial charge >= 0.3 is 0 Å². The third-order valence-electron chi connectivity index (χ3n) is 1.59. The van der Waals surface area contributed by atoms with Gasteiger partial charge in [-0.3, -0.25) is 0 Å². The Morgan fingerprint density at radius 1 is 1.33 bits per heavy atom. The summed E-state index contributed by atoms with van der Waals surface area (Å²) in [5, 5.41) is 6.00. The summed E-state index contributed by atoms with van der Waals surface area (Å²) in [5.41, 5.74) is 6.04. The highest BCUT2D eigenvalue weighted by Crippen LogP contribution is 2.22. The molecule has 4 nitrogen and oxygen atoms in total. The Hall–Kier alpha value is -1.40. The molecule has 0 bridgehead atoms. The first-order chi connectivity index (χ1) is 7.13. The van der Waals surface area contributed by atoms with Gasteiger partial charge in [0, 0.05) is 0 Å². The Labute approximate surface area is 98.8 Å². The number of hydrogen-bond acceptors (Lipinski definition) is 3. The van der Waals surface area contributed by atoms with Gasteiger partial charge < -0.3 is 21.1 Å². The van der Waals surface area contributed by atoms with Crippen molar-refractivity contribution in [3.63, 3.8) is 0 Å². The van der Waals surface area contributed by atoms with E-state index >= 15 is 0 Å². The summed E-state index contributed by atoms with van der Waals surface area (Å²) >= 11 is 9.63. The minimum absolute atomic E-state index is 0.127. The van der Waals surface area contributed by atoms with Gasteiger partial charge in [0.15, 0.2) is 10.2 Å². The highest BCUT2D eigenvalue weighted by molar-refractivity contribution is 7.82. The molecule has 0 saturated carbocycles. The van der Waals surface area contributed by atoms with Crippen molar-refractivity contribution in [1.82, 2.24) is 5.32 Å². The standard InChI is InChI=1S/C9H11N3OS2/c1-13-7-5-3-2-4-6(7)11-9(15)12-8(10)14/h2-5H,1H3,(H4,10,11,12,14,15). The lowest BCUT2D eigenvalue weighted by Gasteiger charge is -2.11. The maximum Gasteiger partial charge on any atom is 0.177 e. The zero-order valence-corrected chi connectivity index (χ0v) is 9.74. The van der Waals surface area contributed by atoms with Crippen molar-refractivity contribution in [2.45, 2.75) is 0 Å². The number of thiocarbonyl (C=S) groups is 2. The third-order valence-corrected chi connectivity index (χ3v) is 1.90. The minimum Gasteiger partial charge on any atom is -0.495 e. The summed E-state index contributed by atoms with van der Waals surface area (Å²) in [7, 11) is 1.59. The van der Waals surface area contributed by atoms with Crippen LogP contribution >= 0.6 is 24.4 Å². The molecule has 0 spiro atoms. The second kappa shape index (κ2) is 5.47. The van der Waals surface area contributed by atoms with Crippen LogP contribution in [0.1, 0.15) is 0 Å². The van der Waals surface area contributed by atoms with E-state index in [0.717, 1.165) is 5.69 Å². The van der Waals surface area contributed by atoms with Gasteiger partial charge in [0.2, 0.25) is 0 Å². The summed E-state index contributed by atoms with van der Waals surface area (Å²) in [5.74, 6) is 0.699. The molecule has 80 valence electrons. The van der Waals surface area contributed by atoms with E-state index in [4.69, 9.17) is 22.7 Å². The molecular formula is C9H11N3OS2. The topological polar surface area (TPSA) is 59.3 Å². The van der Waals surface area contributed by atoms with E-state index in [1.54, 1.807) is 7.11 Å². The molecule has 4 N–H and O–H groups in total. The summed E-state index contributed by atoms with van der Waals surface area (Å²) < 4.78 is 5.14. The molecule has 0 fully saturated rings. The first-order valence-electron chi connectivity index (χ1n) is 4.14. The molecule has 0 aliphatic rings. The first kappa shape index (κ1) is 11.7. The van der Waals surface area contributed by atoms with E-state index in [1.165, 1.54) is 0 Å². The number of ether oxygens (including phenoxy) is 1. The average molecular weight is 241 g/mol. The van der Waals surface area contributed by atoms with Crippen LogP contribution in [0, 0.1) is 0 Å². The van der Waals surface area contributed by atoms with Crippen molar-refractivity contribution in [3.8, 4) is 5.75 Å². The van der Waals surface area contributed by atoms with Crippen LogP contribution in [-0.2, 0) is 0 Å². The van der Waals surface area contributed by atoms with Gasteiger partial charge in [0.1, 0.15) is 5.75 Å². The number of rotatable bonds is 2. The lowest BCUT2D eigenvalue weighted by atomic mass is 10.3. The van der Waals surface area contributed by atoms with Crippen LogP contribution in [0.4, 0.5) is 5.69 Å². The molecule has 1 aromatic carbocycles. The Bertz CT molecular complexity index is 381. The lowest BCUT2D eigenvalue weighted by molar-refractivity contribution is 0.417. The summed E-state index contributed by atoms with van der Waals surface area (Å²) in [6.45, 7) is 0. The normalized spacial score (nSPS) is 9.13. The summed E-state index contributed by atoms with van der Waals surface area (Å²) in [6.07, 6.45) is 0. The molecule has 0 amide bonds. The molecule has 0 aliphatic heterocycles. The molecular weight excluding hydrogens is 230 g/mol. The Kier molecular flexibility index (Phi) is 4.26. The zero-order chi connectivity index (χ0) is 11.3. The van der Waals surface area contributed by atoms with E-state index < -0.39 is 0 Å². The fourth-order valence-corrected chi connectivity index (χ4v) is 1.40. The average Bonchev–Trinajstić information content (AvgIpc) is 2.17. The van der Waals surface area contributed by atoms with Crippen molar-refractivity contribution in [2.24, 2.45) is 5.73 Å². The van der Waals surface area contributed by atoms with Gasteiger partial charge in [0.05, 0.1) is 12.8 Å². The van der Waals surface area contributed by atoms with Gasteiger partial charge in [-0.05, 0) is 36.6 Å². The smallest absolute Gasteiger partial charge is 0.177 e. The molecule has 0 heterocycles. The predicted molar refractivity (Wildman–Crippen MR) is 69.1 cm³/mol. The summed E-state index contributed by atoms with van der Waals surface area (Å²) in [4.78, 5) is 0. The fourth-order valence-electron chi connectivity index (χ4n) is 1.01. The van der Waals surface area contributed by atoms with Gasteiger partial charge in [-0.2, -0.15) is 0 Å². The number of anilines is 1. The third kappa shape index (κ3) is 3.69. The van der Waals surface area contributed by atoms with E-state index in [2.05, 4.69) is 22.9 Å². The highest BCUT2D eigenvalue weighted by Gasteiger charge is 2.03. The molecule has 1 rings (SSSR count). The molecule has 0 saturated heterocycles. The minimum atomic E-state index is 0.127. The lowest BCUT2D eigenvalue weighted by Crippen LogP contribution is -2.37. The van der Waals surface area contributed by atoms with Crippen LogP contribution in [-0.4, -0.2) is 17.3 Å². The monoisotopic (exact) mass is 241 g/mol. The Morgan fingerprint density at radius 3 is 2.60 bits per heavy atom. The number of hydrogen-bond donors (Lipinski definition) is 3. The molecule has 0 radical (unpaired) electrons. The molecule has 6 heteroatoms. The number of methoxy groups -OCH3 is 1. The van der Waals surface area contributed by atoms with Crippen molar-refractivity contribution in [3.05, 3.63) is 24.3 Å². The fraction of sp³-hybridized carbons (Fsp3) is 0.111. The molecule has 0 unspecified atom stereocenters. The molecule has 1 aromatic rings. The van der Waals surface area contributed by atoms with Gasteiger partial charge in [-0.25, -0.2) is 0 Å². The van der Waals surface area contributed by atoms with Crippen LogP contribution in [0.15, 0.2) is 24.3 Å². The van der Waals surface area contributed by atoms with Crippen molar-refractivity contribution in [1.29, 1.82) is 0 Å². The zero-order valence-electron chi connectivity index (χ0n) is 8.11. The first-order valence-corrected chi connectivity index (χ1v) is 4.95. The van der Waals surface area contributed by atoms with Crippen molar-refractivity contribution >= 4 is 40.3 Å². The van der Waals surface area contributed by atoms with Crippen molar-refractivity contribution in [2.75, 3.05) is 12.4 Å². The second-order valence-electron chi connectivity index (χ2n) is 2.64. The van der Waals surface area contributed by atoms with Gasteiger partial charge in [-0.1, -0.05) is 12.1 Å². The molecule has 0 aromatic heterocycles. The number of nitrogens with one attached hydrogen (secondary N) is 2.